The van der Waals surface area contributed by atoms with Crippen LogP contribution in [0.4, 0.5) is 5.82 Å². The normalized spacial score (nSPS) is 20.8. The number of carboxylic acids is 1. The Hall–Kier alpha value is -1.02. The van der Waals surface area contributed by atoms with Gasteiger partial charge in [0, 0.05) is 26.2 Å². The summed E-state index contributed by atoms with van der Waals surface area (Å²) in [7, 11) is 2.16. The number of piperidine rings is 1. The number of hydrogen-bond donors (Lipinski definition) is 0. The number of nitrogens with zero attached hydrogens (tertiary/aromatic N) is 3. The van der Waals surface area contributed by atoms with Crippen LogP contribution < -0.4 is 28.9 Å². The molecule has 0 unspecified atom stereocenters. The third kappa shape index (κ3) is 3.10. The minimum atomic E-state index is -1.21. The van der Waals surface area contributed by atoms with Gasteiger partial charge in [-0.25, -0.2) is 4.98 Å². The van der Waals surface area contributed by atoms with Crippen LogP contribution in [0.15, 0.2) is 12.1 Å². The summed E-state index contributed by atoms with van der Waals surface area (Å²) in [4.78, 5) is 19.8. The molecule has 2 saturated heterocycles. The van der Waals surface area contributed by atoms with E-state index in [1.54, 1.807) is 0 Å². The molecule has 0 aliphatic carbocycles. The largest absolute Gasteiger partial charge is 1.00 e. The second kappa shape index (κ2) is 6.00. The van der Waals surface area contributed by atoms with E-state index in [1.165, 1.54) is 19.2 Å². The fraction of sp³-hybridized carbons (Fsp3) is 0.600. The molecule has 5 nitrogen and oxygen atoms in total. The second-order valence-corrected chi connectivity index (χ2v) is 6.28. The average molecular weight is 281 g/mol. The molecule has 21 heavy (non-hydrogen) atoms. The van der Waals surface area contributed by atoms with Gasteiger partial charge in [0.25, 0.3) is 0 Å². The van der Waals surface area contributed by atoms with Gasteiger partial charge >= 0.3 is 18.9 Å². The molecule has 0 amide bonds. The Morgan fingerprint density at radius 2 is 1.90 bits per heavy atom. The first-order valence-electron chi connectivity index (χ1n) is 7.12. The standard InChI is InChI=1S/C15H21N3O2.Li/c1-11-3-4-12(14(19)20)16-13(11)18-7-5-15(6-8-18)9-17(2)10-15;/h3-4H,5-10H2,1-2H3,(H,19,20);/q;+1/p-1. The molecule has 0 bridgehead atoms. The smallest absolute Gasteiger partial charge is 0.543 e. The van der Waals surface area contributed by atoms with Crippen molar-refractivity contribution >= 4 is 11.8 Å². The van der Waals surface area contributed by atoms with Gasteiger partial charge in [-0.1, -0.05) is 6.07 Å². The topological polar surface area (TPSA) is 59.5 Å². The van der Waals surface area contributed by atoms with Crippen LogP contribution in [0.1, 0.15) is 28.9 Å². The van der Waals surface area contributed by atoms with Crippen LogP contribution in [0.3, 0.4) is 0 Å². The number of hydrogen-bond acceptors (Lipinski definition) is 5. The van der Waals surface area contributed by atoms with E-state index < -0.39 is 5.97 Å². The number of aromatic carboxylic acids is 1. The van der Waals surface area contributed by atoms with E-state index in [1.807, 2.05) is 13.0 Å². The molecule has 0 N–H and O–H groups in total. The molecule has 0 radical (unpaired) electrons. The van der Waals surface area contributed by atoms with Crippen LogP contribution in [-0.4, -0.2) is 49.1 Å². The minimum Gasteiger partial charge on any atom is -0.543 e. The maximum atomic E-state index is 10.9. The molecule has 1 aromatic rings. The van der Waals surface area contributed by atoms with Crippen molar-refractivity contribution in [2.45, 2.75) is 19.8 Å². The fourth-order valence-corrected chi connectivity index (χ4v) is 3.56. The SMILES string of the molecule is Cc1ccc(C(=O)[O-])nc1N1CCC2(CC1)CN(C)C2.[Li+]. The number of aromatic nitrogens is 1. The molecule has 1 aromatic heterocycles. The van der Waals surface area contributed by atoms with Crippen molar-refractivity contribution in [3.05, 3.63) is 23.4 Å². The van der Waals surface area contributed by atoms with Gasteiger partial charge in [-0.15, -0.1) is 0 Å². The molecule has 2 fully saturated rings. The summed E-state index contributed by atoms with van der Waals surface area (Å²) >= 11 is 0. The summed E-state index contributed by atoms with van der Waals surface area (Å²) in [6, 6.07) is 3.33. The monoisotopic (exact) mass is 281 g/mol. The summed E-state index contributed by atoms with van der Waals surface area (Å²) in [5.41, 5.74) is 1.54. The number of carboxylic acid groups (broad SMARTS) is 1. The van der Waals surface area contributed by atoms with Gasteiger partial charge in [-0.05, 0) is 43.9 Å². The Bertz CT molecular complexity index is 534. The maximum Gasteiger partial charge on any atom is 1.00 e. The third-order valence-corrected chi connectivity index (χ3v) is 4.61. The number of aryl methyl sites for hydroxylation is 1. The van der Waals surface area contributed by atoms with Crippen molar-refractivity contribution in [1.82, 2.24) is 9.88 Å². The van der Waals surface area contributed by atoms with Gasteiger partial charge in [0.1, 0.15) is 5.82 Å². The first-order valence-corrected chi connectivity index (χ1v) is 7.12. The molecule has 2 aliphatic heterocycles. The predicted molar refractivity (Wildman–Crippen MR) is 74.7 cm³/mol. The van der Waals surface area contributed by atoms with Gasteiger partial charge in [-0.2, -0.15) is 0 Å². The zero-order chi connectivity index (χ0) is 14.3. The Morgan fingerprint density at radius 1 is 1.29 bits per heavy atom. The van der Waals surface area contributed by atoms with Crippen molar-refractivity contribution in [3.8, 4) is 0 Å². The predicted octanol–water partition coefficient (Wildman–Crippen LogP) is -2.71. The first-order chi connectivity index (χ1) is 9.49. The van der Waals surface area contributed by atoms with E-state index in [0.717, 1.165) is 37.3 Å². The summed E-state index contributed by atoms with van der Waals surface area (Å²) in [6.07, 6.45) is 2.32. The van der Waals surface area contributed by atoms with Gasteiger partial charge in [-0.3, -0.25) is 0 Å². The Labute approximate surface area is 137 Å². The van der Waals surface area contributed by atoms with Crippen LogP contribution >= 0.6 is 0 Å². The second-order valence-electron chi connectivity index (χ2n) is 6.28. The minimum absolute atomic E-state index is 0. The number of carbonyl (C=O) groups is 1. The molecule has 2 aliphatic rings. The van der Waals surface area contributed by atoms with Crippen LogP contribution in [0, 0.1) is 12.3 Å². The summed E-state index contributed by atoms with van der Waals surface area (Å²) in [5, 5.41) is 10.9. The Kier molecular flexibility index (Phi) is 4.67. The molecule has 0 atom stereocenters. The van der Waals surface area contributed by atoms with Gasteiger partial charge in [0.05, 0.1) is 11.7 Å². The van der Waals surface area contributed by atoms with Crippen LogP contribution in [-0.2, 0) is 0 Å². The van der Waals surface area contributed by atoms with Crippen LogP contribution in [0.25, 0.3) is 0 Å². The van der Waals surface area contributed by atoms with E-state index in [9.17, 15) is 9.90 Å². The number of anilines is 1. The first kappa shape index (κ1) is 16.3. The zero-order valence-corrected chi connectivity index (χ0v) is 13.1. The Balaban J connectivity index is 0.00000161. The molecule has 3 heterocycles. The maximum absolute atomic E-state index is 10.9. The van der Waals surface area contributed by atoms with Gasteiger partial charge in [0.15, 0.2) is 0 Å². The molecule has 0 saturated carbocycles. The third-order valence-electron chi connectivity index (χ3n) is 4.61. The van der Waals surface area contributed by atoms with E-state index >= 15 is 0 Å². The number of rotatable bonds is 2. The molecule has 0 aromatic carbocycles. The van der Waals surface area contributed by atoms with E-state index in [0.29, 0.717) is 5.41 Å². The fourth-order valence-electron chi connectivity index (χ4n) is 3.56. The van der Waals surface area contributed by atoms with E-state index in [2.05, 4.69) is 21.8 Å². The molecule has 6 heteroatoms. The van der Waals surface area contributed by atoms with Gasteiger partial charge < -0.3 is 19.7 Å². The summed E-state index contributed by atoms with van der Waals surface area (Å²) < 4.78 is 0. The number of likely N-dealkylation sites (tertiary alicyclic amines) is 1. The van der Waals surface area contributed by atoms with Crippen LogP contribution in [0.5, 0.6) is 0 Å². The zero-order valence-electron chi connectivity index (χ0n) is 13.1. The average Bonchev–Trinajstić information content (AvgIpc) is 2.38. The van der Waals surface area contributed by atoms with Crippen molar-refractivity contribution in [2.24, 2.45) is 5.41 Å². The van der Waals surface area contributed by atoms with Crippen LogP contribution in [0.2, 0.25) is 0 Å². The molecular formula is C15H20LiN3O2. The molecular weight excluding hydrogens is 261 g/mol. The molecule has 3 rings (SSSR count). The quantitative estimate of drug-likeness (QED) is 0.552. The van der Waals surface area contributed by atoms with Crippen molar-refractivity contribution in [1.29, 1.82) is 0 Å². The summed E-state index contributed by atoms with van der Waals surface area (Å²) in [6.45, 7) is 6.26. The number of pyridine rings is 1. The van der Waals surface area contributed by atoms with E-state index in [4.69, 9.17) is 0 Å². The Morgan fingerprint density at radius 3 is 2.43 bits per heavy atom. The van der Waals surface area contributed by atoms with Crippen molar-refractivity contribution in [3.63, 3.8) is 0 Å². The van der Waals surface area contributed by atoms with Gasteiger partial charge in [0.2, 0.25) is 0 Å². The molecule has 1 spiro atoms. The number of carbonyl (C=O) groups excluding carboxylic acids is 1. The molecule has 108 valence electrons. The van der Waals surface area contributed by atoms with Crippen molar-refractivity contribution < 1.29 is 28.8 Å². The summed E-state index contributed by atoms with van der Waals surface area (Å²) in [5.74, 6) is -0.408. The van der Waals surface area contributed by atoms with E-state index in [-0.39, 0.29) is 24.6 Å². The van der Waals surface area contributed by atoms with Crippen molar-refractivity contribution in [2.75, 3.05) is 38.1 Å².